The van der Waals surface area contributed by atoms with Crippen LogP contribution < -0.4 is 9.64 Å². The highest BCUT2D eigenvalue weighted by atomic mass is 32.2. The Labute approximate surface area is 185 Å². The number of non-ortho nitro benzene ring substituents is 1. The van der Waals surface area contributed by atoms with Gasteiger partial charge in [-0.25, -0.2) is 0 Å². The molecule has 6 nitrogen and oxygen atoms in total. The lowest BCUT2D eigenvalue weighted by atomic mass is 9.93. The highest BCUT2D eigenvalue weighted by Gasteiger charge is 2.38. The van der Waals surface area contributed by atoms with Crippen molar-refractivity contribution in [3.8, 4) is 5.75 Å². The van der Waals surface area contributed by atoms with Gasteiger partial charge < -0.3 is 9.64 Å². The average molecular weight is 435 g/mol. The summed E-state index contributed by atoms with van der Waals surface area (Å²) < 4.78 is 5.27. The largest absolute Gasteiger partial charge is 0.497 e. The number of hydrogen-bond acceptors (Lipinski definition) is 5. The number of nitro groups is 1. The van der Waals surface area contributed by atoms with Crippen molar-refractivity contribution < 1.29 is 14.5 Å². The summed E-state index contributed by atoms with van der Waals surface area (Å²) >= 11 is 1.65. The fourth-order valence-electron chi connectivity index (χ4n) is 3.87. The molecule has 1 heterocycles. The van der Waals surface area contributed by atoms with Crippen LogP contribution in [-0.2, 0) is 4.79 Å². The van der Waals surface area contributed by atoms with E-state index in [1.165, 1.54) is 12.1 Å². The topological polar surface area (TPSA) is 72.7 Å². The van der Waals surface area contributed by atoms with Crippen LogP contribution in [0.4, 0.5) is 11.4 Å². The van der Waals surface area contributed by atoms with Crippen LogP contribution in [0.5, 0.6) is 5.75 Å². The van der Waals surface area contributed by atoms with Crippen LogP contribution in [0, 0.1) is 10.1 Å². The van der Waals surface area contributed by atoms with Crippen molar-refractivity contribution in [2.24, 2.45) is 0 Å². The van der Waals surface area contributed by atoms with Crippen molar-refractivity contribution >= 4 is 29.0 Å². The molecule has 0 aliphatic carbocycles. The standard InChI is InChI=1S/C24H22N2O4S/c1-30-20-11-7-18(8-12-20)25-23(27)16-15-22(24(25)17-5-3-2-4-6-17)31-21-13-9-19(10-14-21)26(28)29/h2-14,22,24H,15-16H2,1H3. The zero-order valence-electron chi connectivity index (χ0n) is 17.0. The highest BCUT2D eigenvalue weighted by molar-refractivity contribution is 8.00. The summed E-state index contributed by atoms with van der Waals surface area (Å²) in [5.74, 6) is 0.820. The van der Waals surface area contributed by atoms with Gasteiger partial charge >= 0.3 is 0 Å². The molecule has 4 rings (SSSR count). The van der Waals surface area contributed by atoms with E-state index in [4.69, 9.17) is 4.74 Å². The third kappa shape index (κ3) is 4.56. The second-order valence-corrected chi connectivity index (χ2v) is 8.58. The first-order chi connectivity index (χ1) is 15.1. The Morgan fingerprint density at radius 3 is 2.29 bits per heavy atom. The van der Waals surface area contributed by atoms with E-state index < -0.39 is 4.92 Å². The van der Waals surface area contributed by atoms with Crippen molar-refractivity contribution in [1.82, 2.24) is 0 Å². The molecule has 1 amide bonds. The Morgan fingerprint density at radius 2 is 1.68 bits per heavy atom. The molecule has 7 heteroatoms. The third-order valence-corrected chi connectivity index (χ3v) is 6.71. The number of thioether (sulfide) groups is 1. The lowest BCUT2D eigenvalue weighted by Crippen LogP contribution is -2.44. The first kappa shape index (κ1) is 20.9. The van der Waals surface area contributed by atoms with E-state index in [9.17, 15) is 14.9 Å². The molecule has 2 unspecified atom stereocenters. The number of nitrogens with zero attached hydrogens (tertiary/aromatic N) is 2. The van der Waals surface area contributed by atoms with E-state index >= 15 is 0 Å². The van der Waals surface area contributed by atoms with E-state index in [1.54, 1.807) is 31.0 Å². The van der Waals surface area contributed by atoms with Crippen LogP contribution in [0.2, 0.25) is 0 Å². The minimum atomic E-state index is -0.397. The first-order valence-electron chi connectivity index (χ1n) is 9.99. The summed E-state index contributed by atoms with van der Waals surface area (Å²) in [4.78, 5) is 26.5. The van der Waals surface area contributed by atoms with Gasteiger partial charge in [0.2, 0.25) is 5.91 Å². The number of hydrogen-bond donors (Lipinski definition) is 0. The second kappa shape index (κ2) is 9.22. The minimum absolute atomic E-state index is 0.0719. The average Bonchev–Trinajstić information content (AvgIpc) is 2.81. The number of benzene rings is 3. The second-order valence-electron chi connectivity index (χ2n) is 7.26. The first-order valence-corrected chi connectivity index (χ1v) is 10.9. The molecule has 3 aromatic rings. The van der Waals surface area contributed by atoms with Crippen molar-refractivity contribution in [3.63, 3.8) is 0 Å². The Hall–Kier alpha value is -3.32. The molecule has 2 atom stereocenters. The minimum Gasteiger partial charge on any atom is -0.497 e. The van der Waals surface area contributed by atoms with Gasteiger partial charge in [-0.05, 0) is 48.4 Å². The molecule has 1 aliphatic heterocycles. The molecule has 0 radical (unpaired) electrons. The molecule has 0 aromatic heterocycles. The van der Waals surface area contributed by atoms with Gasteiger partial charge in [-0.3, -0.25) is 14.9 Å². The molecule has 158 valence electrons. The molecule has 1 aliphatic rings. The van der Waals surface area contributed by atoms with E-state index in [0.717, 1.165) is 28.3 Å². The summed E-state index contributed by atoms with van der Waals surface area (Å²) in [6.07, 6.45) is 1.17. The molecule has 0 saturated carbocycles. The predicted molar refractivity (Wildman–Crippen MR) is 122 cm³/mol. The Bertz CT molecular complexity index is 1060. The smallest absolute Gasteiger partial charge is 0.269 e. The zero-order valence-corrected chi connectivity index (χ0v) is 17.8. The van der Waals surface area contributed by atoms with Gasteiger partial charge in [-0.15, -0.1) is 11.8 Å². The third-order valence-electron chi connectivity index (χ3n) is 5.37. The molecule has 0 bridgehead atoms. The van der Waals surface area contributed by atoms with Gasteiger partial charge in [0.1, 0.15) is 5.75 Å². The quantitative estimate of drug-likeness (QED) is 0.371. The predicted octanol–water partition coefficient (Wildman–Crippen LogP) is 5.63. The summed E-state index contributed by atoms with van der Waals surface area (Å²) in [7, 11) is 1.62. The SMILES string of the molecule is COc1ccc(N2C(=O)CCC(Sc3ccc([N+](=O)[O-])cc3)C2c2ccccc2)cc1. The number of piperidine rings is 1. The van der Waals surface area contributed by atoms with E-state index in [-0.39, 0.29) is 22.9 Å². The monoisotopic (exact) mass is 434 g/mol. The van der Waals surface area contributed by atoms with Crippen molar-refractivity contribution in [1.29, 1.82) is 0 Å². The lowest BCUT2D eigenvalue weighted by molar-refractivity contribution is -0.384. The van der Waals surface area contributed by atoms with Crippen LogP contribution in [0.3, 0.4) is 0 Å². The maximum Gasteiger partial charge on any atom is 0.269 e. The van der Waals surface area contributed by atoms with E-state index in [2.05, 4.69) is 0 Å². The Balaban J connectivity index is 1.69. The van der Waals surface area contributed by atoms with Gasteiger partial charge in [0.15, 0.2) is 0 Å². The van der Waals surface area contributed by atoms with Gasteiger partial charge in [-0.2, -0.15) is 0 Å². The molecule has 31 heavy (non-hydrogen) atoms. The fraction of sp³-hybridized carbons (Fsp3) is 0.208. The normalized spacial score (nSPS) is 18.6. The molecular formula is C24H22N2O4S. The van der Waals surface area contributed by atoms with Crippen LogP contribution in [0.1, 0.15) is 24.4 Å². The summed E-state index contributed by atoms with van der Waals surface area (Å²) in [6, 6.07) is 24.0. The fourth-order valence-corrected chi connectivity index (χ4v) is 5.16. The molecule has 3 aromatic carbocycles. The van der Waals surface area contributed by atoms with Gasteiger partial charge in [0, 0.05) is 34.4 Å². The zero-order chi connectivity index (χ0) is 21.8. The Morgan fingerprint density at radius 1 is 1.00 bits per heavy atom. The maximum atomic E-state index is 13.1. The number of methoxy groups -OCH3 is 1. The van der Waals surface area contributed by atoms with Crippen molar-refractivity contribution in [2.75, 3.05) is 12.0 Å². The van der Waals surface area contributed by atoms with Crippen molar-refractivity contribution in [3.05, 3.63) is 94.5 Å². The number of amides is 1. The molecule has 1 saturated heterocycles. The molecule has 0 N–H and O–H groups in total. The van der Waals surface area contributed by atoms with E-state index in [1.807, 2.05) is 59.5 Å². The number of nitro benzene ring substituents is 1. The Kier molecular flexibility index (Phi) is 6.23. The molecule has 0 spiro atoms. The summed E-state index contributed by atoms with van der Waals surface area (Å²) in [5, 5.41) is 11.1. The molecular weight excluding hydrogens is 412 g/mol. The van der Waals surface area contributed by atoms with Gasteiger partial charge in [-0.1, -0.05) is 30.3 Å². The van der Waals surface area contributed by atoms with Crippen molar-refractivity contribution in [2.45, 2.75) is 29.0 Å². The lowest BCUT2D eigenvalue weighted by Gasteiger charge is -2.41. The van der Waals surface area contributed by atoms with Crippen LogP contribution >= 0.6 is 11.8 Å². The van der Waals surface area contributed by atoms with Gasteiger partial charge in [0.25, 0.3) is 5.69 Å². The summed E-state index contributed by atoms with van der Waals surface area (Å²) in [6.45, 7) is 0. The maximum absolute atomic E-state index is 13.1. The van der Waals surface area contributed by atoms with Gasteiger partial charge in [0.05, 0.1) is 18.1 Å². The van der Waals surface area contributed by atoms with Crippen LogP contribution in [-0.4, -0.2) is 23.2 Å². The van der Waals surface area contributed by atoms with Crippen LogP contribution in [0.15, 0.2) is 83.8 Å². The van der Waals surface area contributed by atoms with E-state index in [0.29, 0.717) is 6.42 Å². The number of ether oxygens (including phenoxy) is 1. The van der Waals surface area contributed by atoms with Crippen LogP contribution in [0.25, 0.3) is 0 Å². The summed E-state index contributed by atoms with van der Waals surface area (Å²) in [5.41, 5.74) is 1.96. The molecule has 1 fully saturated rings. The number of carbonyl (C=O) groups is 1. The number of carbonyl (C=O) groups excluding carboxylic acids is 1. The number of anilines is 1. The highest BCUT2D eigenvalue weighted by Crippen LogP contribution is 2.44. The number of rotatable bonds is 6.